The summed E-state index contributed by atoms with van der Waals surface area (Å²) in [6.07, 6.45) is 0. The minimum Gasteiger partial charge on any atom is -0.484 e. The van der Waals surface area contributed by atoms with Crippen molar-refractivity contribution in [2.75, 3.05) is 6.61 Å². The van der Waals surface area contributed by atoms with Crippen LogP contribution in [0.3, 0.4) is 0 Å². The predicted molar refractivity (Wildman–Crippen MR) is 93.0 cm³/mol. The van der Waals surface area contributed by atoms with Crippen molar-refractivity contribution in [2.45, 2.75) is 19.9 Å². The first-order valence-electron chi connectivity index (χ1n) is 8.00. The molecule has 0 saturated heterocycles. The Morgan fingerprint density at radius 2 is 1.88 bits per heavy atom. The van der Waals surface area contributed by atoms with Gasteiger partial charge in [-0.2, -0.15) is 4.98 Å². The maximum Gasteiger partial charge on any atom is 0.258 e. The van der Waals surface area contributed by atoms with Crippen LogP contribution < -0.4 is 10.1 Å². The van der Waals surface area contributed by atoms with Crippen LogP contribution in [0.1, 0.15) is 24.4 Å². The number of para-hydroxylation sites is 1. The smallest absolute Gasteiger partial charge is 0.258 e. The zero-order valence-corrected chi connectivity index (χ0v) is 14.1. The average molecular weight is 337 g/mol. The number of amides is 1. The van der Waals surface area contributed by atoms with Gasteiger partial charge in [-0.1, -0.05) is 47.6 Å². The summed E-state index contributed by atoms with van der Waals surface area (Å²) in [6.45, 7) is 3.69. The molecule has 25 heavy (non-hydrogen) atoms. The van der Waals surface area contributed by atoms with Gasteiger partial charge >= 0.3 is 0 Å². The Morgan fingerprint density at radius 3 is 2.64 bits per heavy atom. The van der Waals surface area contributed by atoms with Crippen molar-refractivity contribution in [3.8, 4) is 17.1 Å². The molecule has 3 aromatic rings. The minimum atomic E-state index is -0.405. The molecule has 1 atom stereocenters. The topological polar surface area (TPSA) is 77.2 Å². The molecule has 1 N–H and O–H groups in total. The molecule has 3 rings (SSSR count). The van der Waals surface area contributed by atoms with Gasteiger partial charge in [0.15, 0.2) is 6.61 Å². The zero-order chi connectivity index (χ0) is 17.6. The average Bonchev–Trinajstić information content (AvgIpc) is 3.11. The van der Waals surface area contributed by atoms with E-state index in [1.807, 2.05) is 49.4 Å². The van der Waals surface area contributed by atoms with Crippen molar-refractivity contribution >= 4 is 5.91 Å². The Morgan fingerprint density at radius 1 is 1.16 bits per heavy atom. The molecular weight excluding hydrogens is 318 g/mol. The van der Waals surface area contributed by atoms with Crippen molar-refractivity contribution in [1.29, 1.82) is 0 Å². The van der Waals surface area contributed by atoms with Crippen LogP contribution in [-0.4, -0.2) is 22.7 Å². The van der Waals surface area contributed by atoms with Gasteiger partial charge in [0.1, 0.15) is 11.8 Å². The van der Waals surface area contributed by atoms with E-state index in [2.05, 4.69) is 15.5 Å². The Bertz CT molecular complexity index is 846. The number of hydrogen-bond donors (Lipinski definition) is 1. The van der Waals surface area contributed by atoms with Crippen LogP contribution in [0.2, 0.25) is 0 Å². The highest BCUT2D eigenvalue weighted by Crippen LogP contribution is 2.21. The summed E-state index contributed by atoms with van der Waals surface area (Å²) < 4.78 is 10.7. The van der Waals surface area contributed by atoms with Gasteiger partial charge in [-0.15, -0.1) is 0 Å². The second-order valence-corrected chi connectivity index (χ2v) is 5.66. The Balaban J connectivity index is 1.59. The molecule has 0 fully saturated rings. The molecule has 0 aliphatic heterocycles. The molecule has 1 amide bonds. The Hall–Kier alpha value is -3.15. The quantitative estimate of drug-likeness (QED) is 0.747. The van der Waals surface area contributed by atoms with E-state index in [9.17, 15) is 4.79 Å². The van der Waals surface area contributed by atoms with Crippen molar-refractivity contribution in [3.05, 3.63) is 66.1 Å². The Labute approximate surface area is 145 Å². The lowest BCUT2D eigenvalue weighted by Crippen LogP contribution is -2.31. The number of carbonyl (C=O) groups is 1. The number of nitrogens with one attached hydrogen (secondary N) is 1. The number of ether oxygens (including phenoxy) is 1. The molecule has 1 heterocycles. The van der Waals surface area contributed by atoms with Gasteiger partial charge in [0.25, 0.3) is 5.91 Å². The summed E-state index contributed by atoms with van der Waals surface area (Å²) in [4.78, 5) is 16.4. The maximum atomic E-state index is 12.0. The monoisotopic (exact) mass is 337 g/mol. The van der Waals surface area contributed by atoms with Gasteiger partial charge in [0.2, 0.25) is 11.7 Å². The van der Waals surface area contributed by atoms with E-state index in [0.717, 1.165) is 11.1 Å². The zero-order valence-electron chi connectivity index (χ0n) is 14.1. The molecule has 6 nitrogen and oxygen atoms in total. The molecule has 128 valence electrons. The maximum absolute atomic E-state index is 12.0. The van der Waals surface area contributed by atoms with Gasteiger partial charge in [0, 0.05) is 5.56 Å². The summed E-state index contributed by atoms with van der Waals surface area (Å²) >= 11 is 0. The highest BCUT2D eigenvalue weighted by molar-refractivity contribution is 5.77. The van der Waals surface area contributed by atoms with Gasteiger partial charge in [-0.25, -0.2) is 0 Å². The Kier molecular flexibility index (Phi) is 5.09. The SMILES string of the molecule is Cc1ccccc1-c1noc([C@@H](C)NC(=O)COc2ccccc2)n1. The second kappa shape index (κ2) is 7.61. The van der Waals surface area contributed by atoms with E-state index < -0.39 is 6.04 Å². The van der Waals surface area contributed by atoms with E-state index in [1.54, 1.807) is 19.1 Å². The third kappa shape index (κ3) is 4.23. The molecule has 1 aromatic heterocycles. The molecule has 0 aliphatic carbocycles. The fourth-order valence-electron chi connectivity index (χ4n) is 2.35. The van der Waals surface area contributed by atoms with E-state index in [-0.39, 0.29) is 12.5 Å². The summed E-state index contributed by atoms with van der Waals surface area (Å²) in [5.74, 6) is 1.25. The first kappa shape index (κ1) is 16.7. The number of nitrogens with zero attached hydrogens (tertiary/aromatic N) is 2. The molecule has 6 heteroatoms. The highest BCUT2D eigenvalue weighted by Gasteiger charge is 2.18. The highest BCUT2D eigenvalue weighted by atomic mass is 16.5. The summed E-state index contributed by atoms with van der Waals surface area (Å²) in [6, 6.07) is 16.6. The van der Waals surface area contributed by atoms with Crippen LogP contribution >= 0.6 is 0 Å². The summed E-state index contributed by atoms with van der Waals surface area (Å²) in [7, 11) is 0. The number of benzene rings is 2. The van der Waals surface area contributed by atoms with Crippen molar-refractivity contribution in [1.82, 2.24) is 15.5 Å². The standard InChI is InChI=1S/C19H19N3O3/c1-13-8-6-7-11-16(13)18-21-19(25-22-18)14(2)20-17(23)12-24-15-9-4-3-5-10-15/h3-11,14H,12H2,1-2H3,(H,20,23)/t14-/m1/s1. The van der Waals surface area contributed by atoms with Gasteiger partial charge < -0.3 is 14.6 Å². The third-order valence-electron chi connectivity index (χ3n) is 3.69. The van der Waals surface area contributed by atoms with Crippen LogP contribution in [-0.2, 0) is 4.79 Å². The van der Waals surface area contributed by atoms with Crippen molar-refractivity contribution in [3.63, 3.8) is 0 Å². The van der Waals surface area contributed by atoms with Gasteiger partial charge in [-0.05, 0) is 31.5 Å². The molecular formula is C19H19N3O3. The van der Waals surface area contributed by atoms with Gasteiger partial charge in [-0.3, -0.25) is 4.79 Å². The number of rotatable bonds is 6. The second-order valence-electron chi connectivity index (χ2n) is 5.66. The normalized spacial score (nSPS) is 11.8. The molecule has 0 radical (unpaired) electrons. The largest absolute Gasteiger partial charge is 0.484 e. The third-order valence-corrected chi connectivity index (χ3v) is 3.69. The molecule has 0 saturated carbocycles. The fourth-order valence-corrected chi connectivity index (χ4v) is 2.35. The predicted octanol–water partition coefficient (Wildman–Crippen LogP) is 3.30. The van der Waals surface area contributed by atoms with E-state index in [4.69, 9.17) is 9.26 Å². The molecule has 0 aliphatic rings. The summed E-state index contributed by atoms with van der Waals surface area (Å²) in [5, 5.41) is 6.79. The minimum absolute atomic E-state index is 0.0762. The van der Waals surface area contributed by atoms with Crippen molar-refractivity contribution in [2.24, 2.45) is 0 Å². The van der Waals surface area contributed by atoms with Crippen LogP contribution in [0.25, 0.3) is 11.4 Å². The van der Waals surface area contributed by atoms with Crippen LogP contribution in [0.15, 0.2) is 59.1 Å². The van der Waals surface area contributed by atoms with Crippen LogP contribution in [0.4, 0.5) is 0 Å². The lowest BCUT2D eigenvalue weighted by molar-refractivity contribution is -0.123. The van der Waals surface area contributed by atoms with Crippen LogP contribution in [0.5, 0.6) is 5.75 Å². The van der Waals surface area contributed by atoms with E-state index in [0.29, 0.717) is 17.5 Å². The first-order valence-corrected chi connectivity index (χ1v) is 8.00. The molecule has 0 spiro atoms. The van der Waals surface area contributed by atoms with Crippen molar-refractivity contribution < 1.29 is 14.1 Å². The lowest BCUT2D eigenvalue weighted by Gasteiger charge is -2.10. The molecule has 0 unspecified atom stereocenters. The summed E-state index contributed by atoms with van der Waals surface area (Å²) in [5.41, 5.74) is 1.96. The van der Waals surface area contributed by atoms with E-state index in [1.165, 1.54) is 0 Å². The molecule has 0 bridgehead atoms. The first-order chi connectivity index (χ1) is 12.1. The fraction of sp³-hybridized carbons (Fsp3) is 0.211. The number of carbonyl (C=O) groups excluding carboxylic acids is 1. The van der Waals surface area contributed by atoms with Crippen LogP contribution in [0, 0.1) is 6.92 Å². The van der Waals surface area contributed by atoms with E-state index >= 15 is 0 Å². The number of aryl methyl sites for hydroxylation is 1. The van der Waals surface area contributed by atoms with Gasteiger partial charge in [0.05, 0.1) is 0 Å². The molecule has 2 aromatic carbocycles. The lowest BCUT2D eigenvalue weighted by atomic mass is 10.1. The number of aromatic nitrogens is 2. The number of hydrogen-bond acceptors (Lipinski definition) is 5.